The van der Waals surface area contributed by atoms with E-state index in [4.69, 9.17) is 4.74 Å². The van der Waals surface area contributed by atoms with E-state index in [0.29, 0.717) is 30.0 Å². The number of carbonyl (C=O) groups excluding carboxylic acids is 3. The molecule has 2 aromatic rings. The van der Waals surface area contributed by atoms with Crippen LogP contribution in [-0.4, -0.2) is 98.5 Å². The molecular weight excluding hydrogens is 493 g/mol. The average molecular weight is 526 g/mol. The van der Waals surface area contributed by atoms with Crippen LogP contribution in [0.5, 0.6) is 0 Å². The third kappa shape index (κ3) is 4.41. The van der Waals surface area contributed by atoms with Gasteiger partial charge >= 0.3 is 0 Å². The van der Waals surface area contributed by atoms with Crippen LogP contribution in [0.4, 0.5) is 10.1 Å². The van der Waals surface area contributed by atoms with Crippen LogP contribution < -0.4 is 10.6 Å². The second-order valence-electron chi connectivity index (χ2n) is 12.0. The molecule has 3 aliphatic rings. The van der Waals surface area contributed by atoms with E-state index in [9.17, 15) is 18.8 Å². The van der Waals surface area contributed by atoms with Crippen molar-refractivity contribution in [2.45, 2.75) is 35.5 Å². The van der Waals surface area contributed by atoms with Gasteiger partial charge in [-0.3, -0.25) is 24.6 Å². The molecule has 1 atom stereocenters. The highest BCUT2D eigenvalue weighted by Gasteiger charge is 2.64. The van der Waals surface area contributed by atoms with Crippen molar-refractivity contribution in [3.05, 3.63) is 64.5 Å². The van der Waals surface area contributed by atoms with E-state index < -0.39 is 21.8 Å². The van der Waals surface area contributed by atoms with Crippen LogP contribution in [0.3, 0.4) is 0 Å². The van der Waals surface area contributed by atoms with Gasteiger partial charge in [0.05, 0.1) is 18.7 Å². The zero-order valence-corrected chi connectivity index (χ0v) is 23.3. The molecule has 0 aliphatic carbocycles. The zero-order chi connectivity index (χ0) is 28.2. The third-order valence-electron chi connectivity index (χ3n) is 9.61. The maximum Gasteiger partial charge on any atom is 0.254 e. The molecule has 198 valence electrons. The highest BCUT2D eigenvalue weighted by Crippen LogP contribution is 2.55. The van der Waals surface area contributed by atoms with Crippen molar-refractivity contribution in [3.63, 3.8) is 0 Å². The van der Waals surface area contributed by atoms with Crippen LogP contribution in [0.15, 0.2) is 36.4 Å². The lowest BCUT2D eigenvalue weighted by molar-refractivity contribution is -0.140. The number of hydrogen-bond acceptors (Lipinski definition) is 6. The van der Waals surface area contributed by atoms with Crippen molar-refractivity contribution in [1.29, 1.82) is 0 Å². The van der Waals surface area contributed by atoms with Crippen molar-refractivity contribution >= 4 is 62.6 Å². The van der Waals surface area contributed by atoms with Crippen molar-refractivity contribution in [1.82, 2.24) is 15.1 Å². The number of ether oxygens (including phenoxy) is 1. The summed E-state index contributed by atoms with van der Waals surface area (Å²) in [5, 5.41) is 4.09. The normalized spacial score (nSPS) is 24.3. The summed E-state index contributed by atoms with van der Waals surface area (Å²) in [6.07, 6.45) is 0. The lowest BCUT2D eigenvalue weighted by Crippen LogP contribution is -2.75. The van der Waals surface area contributed by atoms with E-state index in [-0.39, 0.29) is 30.7 Å². The summed E-state index contributed by atoms with van der Waals surface area (Å²) >= 11 is 0. The van der Waals surface area contributed by atoms with Gasteiger partial charge in [-0.15, -0.1) is 0 Å². The molecule has 5 rings (SSSR count). The van der Waals surface area contributed by atoms with E-state index in [1.54, 1.807) is 40.6 Å². The number of hydrogen-bond donors (Lipinski definition) is 2. The second-order valence-corrected chi connectivity index (χ2v) is 12.0. The van der Waals surface area contributed by atoms with E-state index >= 15 is 0 Å². The molecule has 3 heterocycles. The largest absolute Gasteiger partial charge is 0.381 e. The van der Waals surface area contributed by atoms with E-state index in [1.165, 1.54) is 6.07 Å². The Kier molecular flexibility index (Phi) is 7.00. The van der Waals surface area contributed by atoms with E-state index in [0.717, 1.165) is 30.8 Å². The van der Waals surface area contributed by atoms with Crippen molar-refractivity contribution < 1.29 is 23.5 Å². The van der Waals surface area contributed by atoms with Crippen LogP contribution in [0.2, 0.25) is 10.4 Å². The van der Waals surface area contributed by atoms with Gasteiger partial charge in [0.15, 0.2) is 0 Å². The number of anilines is 1. The van der Waals surface area contributed by atoms with Crippen molar-refractivity contribution in [3.8, 4) is 0 Å². The maximum atomic E-state index is 14.8. The van der Waals surface area contributed by atoms with Crippen LogP contribution in [0, 0.1) is 5.82 Å². The summed E-state index contributed by atoms with van der Waals surface area (Å²) < 4.78 is 20.2. The zero-order valence-electron chi connectivity index (χ0n) is 23.3. The SMILES string of the molecule is BC1(B)C(=O)NC(=O)C(B)(N2Cc3c(NCc4cc(CN5CCOCC5)ccc4F)cccc3C2=O)C1(B)B. The fourth-order valence-electron chi connectivity index (χ4n) is 5.95. The number of morpholine rings is 1. The molecule has 2 N–H and O–H groups in total. The average Bonchev–Trinajstić information content (AvgIpc) is 3.25. The highest BCUT2D eigenvalue weighted by molar-refractivity contribution is 6.66. The van der Waals surface area contributed by atoms with Gasteiger partial charge in [-0.25, -0.2) is 4.39 Å². The first-order valence-corrected chi connectivity index (χ1v) is 13.5. The quantitative estimate of drug-likeness (QED) is 0.308. The molecule has 0 saturated carbocycles. The predicted molar refractivity (Wildman–Crippen MR) is 160 cm³/mol. The molecule has 39 heavy (non-hydrogen) atoms. The molecule has 0 radical (unpaired) electrons. The number of amides is 3. The molecule has 2 aromatic carbocycles. The highest BCUT2D eigenvalue weighted by atomic mass is 19.1. The first kappa shape index (κ1) is 27.6. The topological polar surface area (TPSA) is 91.0 Å². The molecule has 3 amide bonds. The molecule has 0 bridgehead atoms. The summed E-state index contributed by atoms with van der Waals surface area (Å²) in [6, 6.07) is 10.6. The number of nitrogens with one attached hydrogen (secondary N) is 2. The summed E-state index contributed by atoms with van der Waals surface area (Å²) in [5.41, 5.74) is 2.28. The van der Waals surface area contributed by atoms with Gasteiger partial charge in [0.2, 0.25) is 11.8 Å². The first-order chi connectivity index (χ1) is 18.4. The van der Waals surface area contributed by atoms with E-state index in [2.05, 4.69) is 15.5 Å². The number of halogens is 1. The number of benzene rings is 2. The molecule has 8 nitrogen and oxygen atoms in total. The monoisotopic (exact) mass is 526 g/mol. The third-order valence-corrected chi connectivity index (χ3v) is 9.61. The minimum atomic E-state index is -1.27. The number of rotatable bonds is 6. The molecule has 2 fully saturated rings. The predicted octanol–water partition coefficient (Wildman–Crippen LogP) is -3.02. The van der Waals surface area contributed by atoms with Crippen LogP contribution >= 0.6 is 0 Å². The number of piperidine rings is 1. The Morgan fingerprint density at radius 1 is 1.00 bits per heavy atom. The van der Waals surface area contributed by atoms with Gasteiger partial charge in [0.1, 0.15) is 45.0 Å². The van der Waals surface area contributed by atoms with E-state index in [1.807, 2.05) is 33.9 Å². The lowest BCUT2D eigenvalue weighted by atomic mass is 9.21. The van der Waals surface area contributed by atoms with Crippen molar-refractivity contribution in [2.75, 3.05) is 31.6 Å². The van der Waals surface area contributed by atoms with Gasteiger partial charge in [-0.2, -0.15) is 0 Å². The summed E-state index contributed by atoms with van der Waals surface area (Å²) in [5.74, 6) is -1.38. The van der Waals surface area contributed by atoms with Gasteiger partial charge in [0.25, 0.3) is 5.91 Å². The maximum absolute atomic E-state index is 14.8. The van der Waals surface area contributed by atoms with Gasteiger partial charge in [-0.1, -0.05) is 17.3 Å². The summed E-state index contributed by atoms with van der Waals surface area (Å²) in [7, 11) is 9.07. The number of fused-ring (bicyclic) bond motifs is 1. The smallest absolute Gasteiger partial charge is 0.254 e. The fourth-order valence-corrected chi connectivity index (χ4v) is 5.95. The van der Waals surface area contributed by atoms with Gasteiger partial charge < -0.3 is 15.0 Å². The summed E-state index contributed by atoms with van der Waals surface area (Å²) in [4.78, 5) is 43.6. The van der Waals surface area contributed by atoms with Gasteiger partial charge in [0, 0.05) is 55.1 Å². The van der Waals surface area contributed by atoms with Crippen LogP contribution in [-0.2, 0) is 34.0 Å². The molecule has 0 aromatic heterocycles. The minimum absolute atomic E-state index is 0.203. The molecule has 3 aliphatic heterocycles. The van der Waals surface area contributed by atoms with Crippen LogP contribution in [0.25, 0.3) is 0 Å². The number of carbonyl (C=O) groups is 3. The summed E-state index contributed by atoms with van der Waals surface area (Å²) in [6.45, 7) is 4.30. The Morgan fingerprint density at radius 2 is 1.72 bits per heavy atom. The second kappa shape index (κ2) is 9.89. The number of imide groups is 1. The van der Waals surface area contributed by atoms with Crippen molar-refractivity contribution in [2.24, 2.45) is 0 Å². The first-order valence-electron chi connectivity index (χ1n) is 13.5. The number of nitrogens with zero attached hydrogens (tertiary/aromatic N) is 2. The lowest BCUT2D eigenvalue weighted by Gasteiger charge is -2.59. The Balaban J connectivity index is 1.38. The Labute approximate surface area is 232 Å². The Hall–Kier alpha value is -2.98. The Morgan fingerprint density at radius 3 is 2.44 bits per heavy atom. The molecular formula is C25H32B5FN4O4. The van der Waals surface area contributed by atoms with Gasteiger partial charge in [-0.05, 0) is 35.0 Å². The molecule has 14 heteroatoms. The fraction of sp³-hybridized carbons (Fsp3) is 0.400. The van der Waals surface area contributed by atoms with Crippen LogP contribution in [0.1, 0.15) is 27.0 Å². The molecule has 2 saturated heterocycles. The molecule has 1 unspecified atom stereocenters. The Bertz CT molecular complexity index is 1350. The standard InChI is InChI=1S/C25H32B5FN4O4/c26-23(27)21(37)33-22(38)24(28,25(23,29)30)35-13-17-16(20(35)36)2-1-3-19(17)32-11-15-10-14(4-5-18(15)31)12-34-6-8-39-9-7-34/h1-5,10,32H,6-9,11-13,26-30H2,(H,33,37,38). The minimum Gasteiger partial charge on any atom is -0.381 e. The molecule has 0 spiro atoms.